The number of pyridine rings is 1. The van der Waals surface area contributed by atoms with Crippen molar-refractivity contribution in [2.45, 2.75) is 13.3 Å². The van der Waals surface area contributed by atoms with E-state index in [-0.39, 0.29) is 0 Å². The number of H-pyrrole nitrogens is 1. The first-order valence-corrected chi connectivity index (χ1v) is 7.21. The van der Waals surface area contributed by atoms with E-state index in [0.717, 1.165) is 34.1 Å². The van der Waals surface area contributed by atoms with Crippen LogP contribution in [0.2, 0.25) is 0 Å². The van der Waals surface area contributed by atoms with Crippen molar-refractivity contribution < 1.29 is 4.79 Å². The highest BCUT2D eigenvalue weighted by molar-refractivity contribution is 5.95. The Hall–Kier alpha value is -2.88. The van der Waals surface area contributed by atoms with Crippen LogP contribution in [-0.2, 0) is 11.2 Å². The van der Waals surface area contributed by atoms with Crippen molar-refractivity contribution in [2.75, 3.05) is 0 Å². The van der Waals surface area contributed by atoms with Crippen LogP contribution in [0.25, 0.3) is 28.2 Å². The summed E-state index contributed by atoms with van der Waals surface area (Å²) in [7, 11) is 0. The van der Waals surface area contributed by atoms with Gasteiger partial charge in [0, 0.05) is 35.0 Å². The third kappa shape index (κ3) is 2.76. The minimum Gasteiger partial charge on any atom is -0.366 e. The first-order valence-electron chi connectivity index (χ1n) is 7.21. The predicted octanol–water partition coefficient (Wildman–Crippen LogP) is 3.29. The van der Waals surface area contributed by atoms with E-state index < -0.39 is 5.91 Å². The zero-order valence-corrected chi connectivity index (χ0v) is 12.3. The smallest absolute Gasteiger partial charge is 0.241 e. The van der Waals surface area contributed by atoms with Crippen LogP contribution in [0.15, 0.2) is 48.8 Å². The molecule has 0 aliphatic heterocycles. The van der Waals surface area contributed by atoms with Gasteiger partial charge in [0.2, 0.25) is 5.91 Å². The van der Waals surface area contributed by atoms with Crippen LogP contribution in [-0.4, -0.2) is 15.9 Å². The summed E-state index contributed by atoms with van der Waals surface area (Å²) in [5.41, 5.74) is 10.3. The molecule has 0 saturated carbocycles. The number of hydrogen-bond donors (Lipinski definition) is 2. The Morgan fingerprint density at radius 3 is 2.73 bits per heavy atom. The molecule has 0 atom stereocenters. The maximum Gasteiger partial charge on any atom is 0.241 e. The summed E-state index contributed by atoms with van der Waals surface area (Å²) >= 11 is 0. The number of nitrogens with zero attached hydrogens (tertiary/aromatic N) is 1. The van der Waals surface area contributed by atoms with Gasteiger partial charge in [0.1, 0.15) is 5.65 Å². The highest BCUT2D eigenvalue weighted by Gasteiger charge is 2.06. The van der Waals surface area contributed by atoms with Crippen LogP contribution in [0, 0.1) is 0 Å². The number of carbonyl (C=O) groups excluding carboxylic acids is 1. The normalized spacial score (nSPS) is 11.3. The number of amides is 1. The predicted molar refractivity (Wildman–Crippen MR) is 89.1 cm³/mol. The van der Waals surface area contributed by atoms with E-state index in [0.29, 0.717) is 0 Å². The van der Waals surface area contributed by atoms with Gasteiger partial charge in [0.05, 0.1) is 0 Å². The Bertz CT molecular complexity index is 844. The summed E-state index contributed by atoms with van der Waals surface area (Å²) in [6.07, 6.45) is 7.75. The van der Waals surface area contributed by atoms with Gasteiger partial charge in [-0.2, -0.15) is 0 Å². The first-order chi connectivity index (χ1) is 10.7. The second-order valence-electron chi connectivity index (χ2n) is 5.15. The molecular weight excluding hydrogens is 274 g/mol. The largest absolute Gasteiger partial charge is 0.366 e. The fourth-order valence-corrected chi connectivity index (χ4v) is 2.42. The number of aromatic nitrogens is 2. The Kier molecular flexibility index (Phi) is 3.74. The molecule has 1 aromatic carbocycles. The molecule has 0 aliphatic rings. The zero-order valence-electron chi connectivity index (χ0n) is 12.3. The Morgan fingerprint density at radius 2 is 2.05 bits per heavy atom. The standard InChI is InChI=1S/C18H17N3O/c1-2-12-3-5-13(6-4-12)15-9-16-14(7-8-17(19)22)10-20-18(16)21-11-15/h3-11H,2H2,1H3,(H2,19,22)(H,20,21)/b8-7+. The number of carbonyl (C=O) groups is 1. The molecule has 0 aliphatic carbocycles. The number of hydrogen-bond acceptors (Lipinski definition) is 2. The maximum absolute atomic E-state index is 10.9. The lowest BCUT2D eigenvalue weighted by atomic mass is 10.0. The van der Waals surface area contributed by atoms with E-state index in [4.69, 9.17) is 5.73 Å². The number of aromatic amines is 1. The number of primary amides is 1. The molecule has 0 bridgehead atoms. The van der Waals surface area contributed by atoms with Gasteiger partial charge in [0.15, 0.2) is 0 Å². The van der Waals surface area contributed by atoms with Crippen molar-refractivity contribution in [1.82, 2.24) is 9.97 Å². The van der Waals surface area contributed by atoms with Crippen LogP contribution < -0.4 is 5.73 Å². The van der Waals surface area contributed by atoms with E-state index in [1.165, 1.54) is 11.6 Å². The number of aryl methyl sites for hydroxylation is 1. The van der Waals surface area contributed by atoms with Crippen LogP contribution in [0.1, 0.15) is 18.1 Å². The molecule has 110 valence electrons. The molecule has 22 heavy (non-hydrogen) atoms. The fraction of sp³-hybridized carbons (Fsp3) is 0.111. The van der Waals surface area contributed by atoms with E-state index in [1.807, 2.05) is 12.4 Å². The van der Waals surface area contributed by atoms with Crippen LogP contribution >= 0.6 is 0 Å². The average Bonchev–Trinajstić information content (AvgIpc) is 2.95. The van der Waals surface area contributed by atoms with Crippen molar-refractivity contribution in [3.8, 4) is 11.1 Å². The molecule has 2 heterocycles. The summed E-state index contributed by atoms with van der Waals surface area (Å²) in [6, 6.07) is 10.5. The van der Waals surface area contributed by atoms with E-state index in [2.05, 4.69) is 47.2 Å². The van der Waals surface area contributed by atoms with Crippen molar-refractivity contribution in [1.29, 1.82) is 0 Å². The van der Waals surface area contributed by atoms with Gasteiger partial charge in [0.25, 0.3) is 0 Å². The Labute approximate surface area is 128 Å². The fourth-order valence-electron chi connectivity index (χ4n) is 2.42. The van der Waals surface area contributed by atoms with Crippen LogP contribution in [0.3, 0.4) is 0 Å². The quantitative estimate of drug-likeness (QED) is 0.724. The van der Waals surface area contributed by atoms with E-state index in [9.17, 15) is 4.79 Å². The Balaban J connectivity index is 2.03. The van der Waals surface area contributed by atoms with Gasteiger partial charge < -0.3 is 10.7 Å². The number of benzene rings is 1. The van der Waals surface area contributed by atoms with Gasteiger partial charge >= 0.3 is 0 Å². The van der Waals surface area contributed by atoms with Gasteiger partial charge in [-0.25, -0.2) is 4.98 Å². The topological polar surface area (TPSA) is 71.8 Å². The minimum absolute atomic E-state index is 0.464. The second kappa shape index (κ2) is 5.85. The molecule has 3 N–H and O–H groups in total. The minimum atomic E-state index is -0.464. The van der Waals surface area contributed by atoms with Gasteiger partial charge in [-0.15, -0.1) is 0 Å². The summed E-state index contributed by atoms with van der Waals surface area (Å²) in [5.74, 6) is -0.464. The summed E-state index contributed by atoms with van der Waals surface area (Å²) in [5, 5.41) is 0.967. The lowest BCUT2D eigenvalue weighted by Crippen LogP contribution is -2.04. The maximum atomic E-state index is 10.9. The third-order valence-electron chi connectivity index (χ3n) is 3.69. The summed E-state index contributed by atoms with van der Waals surface area (Å²) < 4.78 is 0. The molecule has 0 fully saturated rings. The third-order valence-corrected chi connectivity index (χ3v) is 3.69. The molecule has 1 amide bonds. The summed E-state index contributed by atoms with van der Waals surface area (Å²) in [6.45, 7) is 2.14. The van der Waals surface area contributed by atoms with Crippen molar-refractivity contribution >= 4 is 23.0 Å². The highest BCUT2D eigenvalue weighted by atomic mass is 16.1. The monoisotopic (exact) mass is 291 g/mol. The second-order valence-corrected chi connectivity index (χ2v) is 5.15. The molecule has 3 aromatic rings. The van der Waals surface area contributed by atoms with Crippen molar-refractivity contribution in [3.63, 3.8) is 0 Å². The lowest BCUT2D eigenvalue weighted by Gasteiger charge is -2.03. The van der Waals surface area contributed by atoms with E-state index in [1.54, 1.807) is 6.08 Å². The van der Waals surface area contributed by atoms with E-state index >= 15 is 0 Å². The summed E-state index contributed by atoms with van der Waals surface area (Å²) in [4.78, 5) is 18.4. The van der Waals surface area contributed by atoms with Crippen LogP contribution in [0.5, 0.6) is 0 Å². The molecule has 0 radical (unpaired) electrons. The number of rotatable bonds is 4. The molecule has 4 nitrogen and oxygen atoms in total. The van der Waals surface area contributed by atoms with Crippen LogP contribution in [0.4, 0.5) is 0 Å². The highest BCUT2D eigenvalue weighted by Crippen LogP contribution is 2.25. The lowest BCUT2D eigenvalue weighted by molar-refractivity contribution is -0.113. The number of nitrogens with two attached hydrogens (primary N) is 1. The number of nitrogens with one attached hydrogen (secondary N) is 1. The molecule has 0 spiro atoms. The zero-order chi connectivity index (χ0) is 15.5. The van der Waals surface area contributed by atoms with Gasteiger partial charge in [-0.3, -0.25) is 4.79 Å². The van der Waals surface area contributed by atoms with Gasteiger partial charge in [-0.05, 0) is 29.7 Å². The van der Waals surface area contributed by atoms with Crippen molar-refractivity contribution in [2.24, 2.45) is 5.73 Å². The molecule has 0 unspecified atom stereocenters. The molecular formula is C18H17N3O. The van der Waals surface area contributed by atoms with Gasteiger partial charge in [-0.1, -0.05) is 31.2 Å². The SMILES string of the molecule is CCc1ccc(-c2cnc3[nH]cc(/C=C/C(N)=O)c3c2)cc1. The number of fused-ring (bicyclic) bond motifs is 1. The molecule has 3 rings (SSSR count). The Morgan fingerprint density at radius 1 is 1.27 bits per heavy atom. The first kappa shape index (κ1) is 14.1. The molecule has 2 aromatic heterocycles. The molecule has 4 heteroatoms. The average molecular weight is 291 g/mol. The van der Waals surface area contributed by atoms with Crippen molar-refractivity contribution in [3.05, 3.63) is 59.9 Å². The molecule has 0 saturated heterocycles.